The van der Waals surface area contributed by atoms with E-state index in [9.17, 15) is 0 Å². The monoisotopic (exact) mass is 186 g/mol. The summed E-state index contributed by atoms with van der Waals surface area (Å²) in [7, 11) is 0. The van der Waals surface area contributed by atoms with E-state index in [4.69, 9.17) is 0 Å². The summed E-state index contributed by atoms with van der Waals surface area (Å²) in [5.41, 5.74) is 5.19. The van der Waals surface area contributed by atoms with Crippen molar-refractivity contribution in [3.63, 3.8) is 0 Å². The quantitative estimate of drug-likeness (QED) is 0.578. The van der Waals surface area contributed by atoms with Crippen molar-refractivity contribution in [3.8, 4) is 0 Å². The van der Waals surface area contributed by atoms with Crippen LogP contribution in [0.2, 0.25) is 0 Å². The maximum atomic E-state index is 2.42. The third kappa shape index (κ3) is 1.69. The van der Waals surface area contributed by atoms with Crippen molar-refractivity contribution in [3.05, 3.63) is 19.5 Å². The van der Waals surface area contributed by atoms with Gasteiger partial charge >= 0.3 is 100 Å². The average molecular weight is 186 g/mol. The Balaban J connectivity index is 3.14. The minimum atomic E-state index is 0.426. The molecule has 1 heteroatoms. The van der Waals surface area contributed by atoms with Crippen LogP contribution in [0.4, 0.5) is 0 Å². The van der Waals surface area contributed by atoms with Crippen molar-refractivity contribution in [2.75, 3.05) is 0 Å². The molecule has 0 saturated carbocycles. The second-order valence-corrected chi connectivity index (χ2v) is 5.58. The van der Waals surface area contributed by atoms with Gasteiger partial charge in [0.25, 0.3) is 0 Å². The Labute approximate surface area is 99.9 Å². The molecular formula is C12H19Na. The van der Waals surface area contributed by atoms with Gasteiger partial charge in [-0.3, -0.25) is 0 Å². The molecule has 1 aliphatic carbocycles. The van der Waals surface area contributed by atoms with Crippen LogP contribution in [-0.2, 0) is 0 Å². The van der Waals surface area contributed by atoms with Crippen molar-refractivity contribution >= 4 is 27.9 Å². The maximum absolute atomic E-state index is 2.42. The van der Waals surface area contributed by atoms with Gasteiger partial charge in [-0.15, -0.1) is 0 Å². The van der Waals surface area contributed by atoms with Crippen LogP contribution in [0.15, 0.2) is 19.5 Å². The molecule has 0 radical (unpaired) electrons. The first-order valence-corrected chi connectivity index (χ1v) is 6.31. The summed E-state index contributed by atoms with van der Waals surface area (Å²) in [6.07, 6.45) is 2.62. The fourth-order valence-electron chi connectivity index (χ4n) is 2.55. The zero-order valence-corrected chi connectivity index (χ0v) is 11.9. The fraction of sp³-hybridized carbons (Fsp3) is 0.667. The number of hydrogen-bond acceptors (Lipinski definition) is 0. The predicted octanol–water partition coefficient (Wildman–Crippen LogP) is 3.59. The third-order valence-corrected chi connectivity index (χ3v) is 5.95. The molecule has 0 spiro atoms. The van der Waals surface area contributed by atoms with Crippen LogP contribution in [0.5, 0.6) is 0 Å². The Morgan fingerprint density at radius 3 is 2.00 bits per heavy atom. The molecule has 68 valence electrons. The van der Waals surface area contributed by atoms with Crippen molar-refractivity contribution in [2.45, 2.75) is 47.5 Å². The first-order valence-electron chi connectivity index (χ1n) is 5.31. The molecule has 1 atom stereocenters. The molecule has 0 aromatic carbocycles. The van der Waals surface area contributed by atoms with Gasteiger partial charge in [0.2, 0.25) is 0 Å². The second-order valence-electron chi connectivity index (χ2n) is 4.58. The van der Waals surface area contributed by atoms with Crippen molar-refractivity contribution in [1.29, 1.82) is 0 Å². The van der Waals surface area contributed by atoms with E-state index in [2.05, 4.69) is 34.6 Å². The van der Waals surface area contributed by atoms with Gasteiger partial charge in [0, 0.05) is 0 Å². The Hall–Kier alpha value is 0.480. The van der Waals surface area contributed by atoms with Crippen LogP contribution in [-0.4, -0.2) is 27.9 Å². The molecule has 0 amide bonds. The zero-order valence-electron chi connectivity index (χ0n) is 9.91. The molecule has 0 aromatic heterocycles. The molecule has 0 bridgehead atoms. The Morgan fingerprint density at radius 2 is 1.69 bits per heavy atom. The summed E-state index contributed by atoms with van der Waals surface area (Å²) in [6.45, 7) is 11.6. The van der Waals surface area contributed by atoms with Gasteiger partial charge < -0.3 is 0 Å². The van der Waals surface area contributed by atoms with Crippen molar-refractivity contribution in [1.82, 2.24) is 0 Å². The molecule has 0 aliphatic heterocycles. The van der Waals surface area contributed by atoms with Gasteiger partial charge in [0.15, 0.2) is 0 Å². The van der Waals surface area contributed by atoms with E-state index < -0.39 is 0 Å². The van der Waals surface area contributed by atoms with E-state index in [1.165, 1.54) is 40.8 Å². The van der Waals surface area contributed by atoms with Crippen LogP contribution in [0, 0.1) is 5.41 Å². The first-order chi connectivity index (χ1) is 5.95. The summed E-state index contributed by atoms with van der Waals surface area (Å²) in [5.74, 6) is 0. The van der Waals surface area contributed by atoms with Crippen LogP contribution >= 0.6 is 0 Å². The van der Waals surface area contributed by atoms with Gasteiger partial charge in [-0.05, 0) is 0 Å². The van der Waals surface area contributed by atoms with Gasteiger partial charge in [-0.1, -0.05) is 0 Å². The summed E-state index contributed by atoms with van der Waals surface area (Å²) < 4.78 is 1.73. The summed E-state index contributed by atoms with van der Waals surface area (Å²) in [5, 5.41) is 0. The number of hydrogen-bond donors (Lipinski definition) is 0. The molecular weight excluding hydrogens is 167 g/mol. The third-order valence-electron chi connectivity index (χ3n) is 4.09. The molecule has 13 heavy (non-hydrogen) atoms. The fourth-order valence-corrected chi connectivity index (χ4v) is 3.55. The topological polar surface area (TPSA) is 0 Å². The first kappa shape index (κ1) is 11.6. The van der Waals surface area contributed by atoms with Crippen LogP contribution < -0.4 is 0 Å². The van der Waals surface area contributed by atoms with Gasteiger partial charge in [-0.2, -0.15) is 0 Å². The normalized spacial score (nSPS) is 29.2. The van der Waals surface area contributed by atoms with Crippen molar-refractivity contribution < 1.29 is 0 Å². The second kappa shape index (κ2) is 3.92. The summed E-state index contributed by atoms with van der Waals surface area (Å²) in [4.78, 5) is 0. The van der Waals surface area contributed by atoms with E-state index >= 15 is 0 Å². The number of rotatable bonds is 2. The molecule has 1 rings (SSSR count). The SMILES string of the molecule is CCCC1(C)C(C)=C(C)C(C)=[C]1[Na]. The van der Waals surface area contributed by atoms with Gasteiger partial charge in [0.1, 0.15) is 0 Å². The molecule has 0 fully saturated rings. The van der Waals surface area contributed by atoms with E-state index in [1.54, 1.807) is 19.5 Å². The van der Waals surface area contributed by atoms with E-state index in [1.807, 2.05) is 0 Å². The predicted molar refractivity (Wildman–Crippen MR) is 59.8 cm³/mol. The van der Waals surface area contributed by atoms with E-state index in [0.717, 1.165) is 0 Å². The van der Waals surface area contributed by atoms with Gasteiger partial charge in [-0.25, -0.2) is 0 Å². The Morgan fingerprint density at radius 1 is 1.15 bits per heavy atom. The van der Waals surface area contributed by atoms with Gasteiger partial charge in [0.05, 0.1) is 0 Å². The molecule has 0 aromatic rings. The van der Waals surface area contributed by atoms with Crippen LogP contribution in [0.3, 0.4) is 0 Å². The molecule has 1 aliphatic rings. The molecule has 0 heterocycles. The van der Waals surface area contributed by atoms with Crippen LogP contribution in [0.1, 0.15) is 47.5 Å². The molecule has 1 unspecified atom stereocenters. The standard InChI is InChI=1S/C12H19.Na/c1-6-7-12(5)8-9(2)10(3)11(12)4;/h6-7H2,1-5H3;. The average Bonchev–Trinajstić information content (AvgIpc) is 2.23. The minimum absolute atomic E-state index is 0.426. The molecule has 0 saturated heterocycles. The number of allylic oxidation sites excluding steroid dienone is 4. The van der Waals surface area contributed by atoms with E-state index in [-0.39, 0.29) is 0 Å². The molecule has 0 N–H and O–H groups in total. The Bertz CT molecular complexity index is 257. The summed E-state index contributed by atoms with van der Waals surface area (Å²) in [6, 6.07) is 0. The zero-order chi connectivity index (χ0) is 10.2. The Kier molecular flexibility index (Phi) is 3.49. The van der Waals surface area contributed by atoms with Crippen LogP contribution in [0.25, 0.3) is 0 Å². The summed E-state index contributed by atoms with van der Waals surface area (Å²) >= 11 is 1.22. The van der Waals surface area contributed by atoms with Crippen molar-refractivity contribution in [2.24, 2.45) is 5.41 Å². The van der Waals surface area contributed by atoms with E-state index in [0.29, 0.717) is 5.41 Å². The molecule has 0 nitrogen and oxygen atoms in total.